The van der Waals surface area contributed by atoms with Crippen molar-refractivity contribution in [2.75, 3.05) is 0 Å². The summed E-state index contributed by atoms with van der Waals surface area (Å²) in [5, 5.41) is 0. The van der Waals surface area contributed by atoms with E-state index in [0.717, 1.165) is 5.75 Å². The fourth-order valence-electron chi connectivity index (χ4n) is 3.02. The van der Waals surface area contributed by atoms with Crippen molar-refractivity contribution in [1.82, 2.24) is 0 Å². The Morgan fingerprint density at radius 1 is 0.783 bits per heavy atom. The van der Waals surface area contributed by atoms with E-state index < -0.39 is 0 Å². The summed E-state index contributed by atoms with van der Waals surface area (Å²) in [5.74, 6) is 0.927. The molecule has 2 aliphatic heterocycles. The Balaban J connectivity index is 1.85. The summed E-state index contributed by atoms with van der Waals surface area (Å²) >= 11 is 0. The summed E-state index contributed by atoms with van der Waals surface area (Å²) in [5.41, 5.74) is 7.33. The molecule has 0 aromatic heterocycles. The summed E-state index contributed by atoms with van der Waals surface area (Å²) in [6, 6.07) is 23.7. The maximum atomic E-state index is 5.88. The highest BCUT2D eigenvalue weighted by Crippen LogP contribution is 2.36. The predicted molar refractivity (Wildman–Crippen MR) is 96.4 cm³/mol. The second-order valence-electron chi connectivity index (χ2n) is 5.81. The molecule has 0 spiro atoms. The minimum Gasteiger partial charge on any atom is -0.489 e. The second kappa shape index (κ2) is 5.77. The highest BCUT2D eigenvalue weighted by molar-refractivity contribution is 5.85. The van der Waals surface area contributed by atoms with Crippen LogP contribution in [0.4, 0.5) is 0 Å². The topological polar surface area (TPSA) is 9.23 Å². The Morgan fingerprint density at radius 2 is 1.48 bits per heavy atom. The minimum atomic E-state index is 0.622. The van der Waals surface area contributed by atoms with E-state index in [1.165, 1.54) is 33.4 Å². The van der Waals surface area contributed by atoms with Gasteiger partial charge in [-0.15, -0.1) is 0 Å². The van der Waals surface area contributed by atoms with Gasteiger partial charge in [0.2, 0.25) is 0 Å². The van der Waals surface area contributed by atoms with Crippen molar-refractivity contribution in [3.8, 4) is 28.0 Å². The molecule has 0 saturated heterocycles. The summed E-state index contributed by atoms with van der Waals surface area (Å²) in [4.78, 5) is 0. The second-order valence-corrected chi connectivity index (χ2v) is 5.81. The lowest BCUT2D eigenvalue weighted by atomic mass is 9.93. The molecule has 0 saturated carbocycles. The van der Waals surface area contributed by atoms with Gasteiger partial charge in [0, 0.05) is 0 Å². The molecule has 112 valence electrons. The lowest BCUT2D eigenvalue weighted by Crippen LogP contribution is -1.93. The Morgan fingerprint density at radius 3 is 2.22 bits per heavy atom. The summed E-state index contributed by atoms with van der Waals surface area (Å²) in [6.45, 7) is 2.66. The zero-order valence-corrected chi connectivity index (χ0v) is 13.1. The van der Waals surface area contributed by atoms with Crippen LogP contribution in [0.25, 0.3) is 28.3 Å². The third kappa shape index (κ3) is 2.66. The molecule has 1 heteroatoms. The van der Waals surface area contributed by atoms with Crippen LogP contribution in [-0.2, 0) is 6.61 Å². The van der Waals surface area contributed by atoms with Gasteiger partial charge in [0.05, 0.1) is 0 Å². The zero-order valence-electron chi connectivity index (χ0n) is 13.1. The fraction of sp³-hybridized carbons (Fsp3) is 0.0909. The van der Waals surface area contributed by atoms with Crippen LogP contribution in [-0.4, -0.2) is 0 Å². The van der Waals surface area contributed by atoms with Gasteiger partial charge in [-0.25, -0.2) is 0 Å². The molecule has 2 aliphatic rings. The van der Waals surface area contributed by atoms with Gasteiger partial charge in [0.1, 0.15) is 12.4 Å². The van der Waals surface area contributed by atoms with Crippen molar-refractivity contribution < 1.29 is 4.74 Å². The van der Waals surface area contributed by atoms with E-state index in [-0.39, 0.29) is 0 Å². The first-order chi connectivity index (χ1) is 11.3. The Bertz CT molecular complexity index is 855. The van der Waals surface area contributed by atoms with Crippen molar-refractivity contribution in [3.63, 3.8) is 0 Å². The van der Waals surface area contributed by atoms with Crippen LogP contribution in [0.3, 0.4) is 0 Å². The van der Waals surface area contributed by atoms with E-state index in [1.807, 2.05) is 6.92 Å². The van der Waals surface area contributed by atoms with Crippen molar-refractivity contribution in [3.05, 3.63) is 83.9 Å². The maximum absolute atomic E-state index is 5.88. The van der Waals surface area contributed by atoms with Crippen LogP contribution < -0.4 is 4.74 Å². The van der Waals surface area contributed by atoms with Crippen molar-refractivity contribution >= 4 is 6.08 Å². The van der Waals surface area contributed by atoms with E-state index in [1.54, 1.807) is 0 Å². The van der Waals surface area contributed by atoms with Crippen LogP contribution in [0, 0.1) is 0 Å². The molecular weight excluding hydrogens is 280 g/mol. The molecule has 1 nitrogen and oxygen atoms in total. The van der Waals surface area contributed by atoms with E-state index in [9.17, 15) is 0 Å². The smallest absolute Gasteiger partial charge is 0.120 e. The quantitative estimate of drug-likeness (QED) is 0.568. The van der Waals surface area contributed by atoms with Crippen molar-refractivity contribution in [1.29, 1.82) is 0 Å². The van der Waals surface area contributed by atoms with Crippen LogP contribution in [0.15, 0.2) is 72.8 Å². The Labute approximate surface area is 136 Å². The Hall–Kier alpha value is -2.80. The molecule has 0 fully saturated rings. The van der Waals surface area contributed by atoms with Crippen LogP contribution in [0.2, 0.25) is 0 Å². The van der Waals surface area contributed by atoms with Gasteiger partial charge >= 0.3 is 0 Å². The average Bonchev–Trinajstić information content (AvgIpc) is 2.71. The molecule has 3 aromatic rings. The molecule has 23 heavy (non-hydrogen) atoms. The lowest BCUT2D eigenvalue weighted by molar-refractivity contribution is 0.306. The van der Waals surface area contributed by atoms with Crippen molar-refractivity contribution in [2.24, 2.45) is 0 Å². The molecule has 4 bridgehead atoms. The third-order valence-electron chi connectivity index (χ3n) is 4.24. The maximum Gasteiger partial charge on any atom is 0.120 e. The number of hydrogen-bond acceptors (Lipinski definition) is 1. The van der Waals surface area contributed by atoms with Gasteiger partial charge in [-0.3, -0.25) is 0 Å². The molecule has 0 aliphatic carbocycles. The van der Waals surface area contributed by atoms with Gasteiger partial charge in [-0.05, 0) is 52.4 Å². The molecule has 3 aromatic carbocycles. The van der Waals surface area contributed by atoms with E-state index in [2.05, 4.69) is 78.9 Å². The monoisotopic (exact) mass is 298 g/mol. The fourth-order valence-corrected chi connectivity index (χ4v) is 3.02. The van der Waals surface area contributed by atoms with Gasteiger partial charge in [0.15, 0.2) is 0 Å². The molecule has 0 N–H and O–H groups in total. The molecule has 2 heterocycles. The summed E-state index contributed by atoms with van der Waals surface area (Å²) < 4.78 is 5.88. The first-order valence-corrected chi connectivity index (χ1v) is 7.93. The minimum absolute atomic E-state index is 0.622. The summed E-state index contributed by atoms with van der Waals surface area (Å²) in [6.07, 6.45) is 4.17. The summed E-state index contributed by atoms with van der Waals surface area (Å²) in [7, 11) is 0. The SMILES string of the molecule is C/C=C/c1ccc(-c2ccc3cc2-c2ccc(cc2)CO3)cc1. The number of fused-ring (bicyclic) bond motifs is 3. The van der Waals surface area contributed by atoms with E-state index >= 15 is 0 Å². The Kier molecular flexibility index (Phi) is 3.47. The van der Waals surface area contributed by atoms with Gasteiger partial charge in [0.25, 0.3) is 0 Å². The number of allylic oxidation sites excluding steroid dienone is 1. The van der Waals surface area contributed by atoms with Crippen LogP contribution >= 0.6 is 0 Å². The molecule has 0 amide bonds. The van der Waals surface area contributed by atoms with Gasteiger partial charge in [-0.2, -0.15) is 0 Å². The number of ether oxygens (including phenoxy) is 1. The first-order valence-electron chi connectivity index (χ1n) is 7.93. The molecular formula is C22H18O. The highest BCUT2D eigenvalue weighted by Gasteiger charge is 2.12. The lowest BCUT2D eigenvalue weighted by Gasteiger charge is -2.12. The normalized spacial score (nSPS) is 12.6. The molecule has 0 unspecified atom stereocenters. The predicted octanol–water partition coefficient (Wildman–Crippen LogP) is 5.95. The van der Waals surface area contributed by atoms with Crippen molar-refractivity contribution in [2.45, 2.75) is 13.5 Å². The molecule has 0 atom stereocenters. The number of hydrogen-bond donors (Lipinski definition) is 0. The van der Waals surface area contributed by atoms with Gasteiger partial charge in [-0.1, -0.05) is 66.7 Å². The van der Waals surface area contributed by atoms with E-state index in [4.69, 9.17) is 4.74 Å². The molecule has 5 rings (SSSR count). The zero-order chi connectivity index (χ0) is 15.6. The first kappa shape index (κ1) is 13.8. The van der Waals surface area contributed by atoms with Crippen LogP contribution in [0.1, 0.15) is 18.1 Å². The van der Waals surface area contributed by atoms with E-state index in [0.29, 0.717) is 6.61 Å². The number of rotatable bonds is 2. The van der Waals surface area contributed by atoms with Gasteiger partial charge < -0.3 is 4.74 Å². The highest BCUT2D eigenvalue weighted by atomic mass is 16.5. The average molecular weight is 298 g/mol. The number of benzene rings is 3. The molecule has 0 radical (unpaired) electrons. The third-order valence-corrected chi connectivity index (χ3v) is 4.24. The largest absolute Gasteiger partial charge is 0.489 e. The standard InChI is InChI=1S/C22H18O/c1-2-3-16-4-8-18(9-5-16)21-13-12-20-14-22(21)19-10-6-17(7-11-19)15-23-20/h2-14H,15H2,1H3/b3-2+. The van der Waals surface area contributed by atoms with Crippen LogP contribution in [0.5, 0.6) is 5.75 Å².